The van der Waals surface area contributed by atoms with Crippen LogP contribution in [0, 0.1) is 19.8 Å². The first kappa shape index (κ1) is 23.4. The van der Waals surface area contributed by atoms with Crippen molar-refractivity contribution in [1.29, 1.82) is 0 Å². The van der Waals surface area contributed by atoms with Crippen LogP contribution in [0.15, 0.2) is 27.7 Å². The van der Waals surface area contributed by atoms with Gasteiger partial charge in [-0.25, -0.2) is 4.99 Å². The van der Waals surface area contributed by atoms with Gasteiger partial charge < -0.3 is 24.6 Å². The number of aliphatic imine (C=N–C) groups is 1. The van der Waals surface area contributed by atoms with E-state index in [-0.39, 0.29) is 24.0 Å². The molecule has 2 heterocycles. The minimum atomic E-state index is 0. The van der Waals surface area contributed by atoms with Crippen LogP contribution in [-0.4, -0.2) is 42.5 Å². The van der Waals surface area contributed by atoms with Gasteiger partial charge in [-0.1, -0.05) is 17.3 Å². The Morgan fingerprint density at radius 1 is 1.31 bits per heavy atom. The summed E-state index contributed by atoms with van der Waals surface area (Å²) in [6.07, 6.45) is 1.06. The summed E-state index contributed by atoms with van der Waals surface area (Å²) < 4.78 is 16.7. The lowest BCUT2D eigenvalue weighted by Crippen LogP contribution is -2.36. The summed E-state index contributed by atoms with van der Waals surface area (Å²) in [4.78, 5) is 8.87. The molecule has 0 aliphatic carbocycles. The van der Waals surface area contributed by atoms with Gasteiger partial charge in [0.05, 0.1) is 26.3 Å². The average molecular weight is 515 g/mol. The topological polar surface area (TPSA) is 93.8 Å². The summed E-state index contributed by atoms with van der Waals surface area (Å²) in [7, 11) is 0. The molecule has 1 aliphatic heterocycles. The molecule has 0 bridgehead atoms. The Balaban J connectivity index is 0.00000300. The van der Waals surface area contributed by atoms with Gasteiger partial charge in [-0.2, -0.15) is 4.98 Å². The number of aromatic nitrogens is 2. The third-order valence-corrected chi connectivity index (χ3v) is 4.45. The van der Waals surface area contributed by atoms with E-state index < -0.39 is 0 Å². The van der Waals surface area contributed by atoms with Crippen LogP contribution in [0.5, 0.6) is 5.75 Å². The van der Waals surface area contributed by atoms with E-state index in [1.165, 1.54) is 5.56 Å². The van der Waals surface area contributed by atoms with E-state index in [1.807, 2.05) is 6.92 Å². The third-order valence-electron chi connectivity index (χ3n) is 4.45. The van der Waals surface area contributed by atoms with E-state index in [9.17, 15) is 0 Å². The van der Waals surface area contributed by atoms with E-state index in [0.717, 1.165) is 37.5 Å². The number of rotatable bonds is 8. The highest BCUT2D eigenvalue weighted by Gasteiger charge is 2.17. The van der Waals surface area contributed by atoms with Gasteiger partial charge in [-0.05, 0) is 38.8 Å². The molecule has 1 aliphatic rings. The van der Waals surface area contributed by atoms with E-state index in [4.69, 9.17) is 14.0 Å². The smallest absolute Gasteiger partial charge is 0.246 e. The molecule has 1 aromatic heterocycles. The standard InChI is InChI=1S/C20H29N5O3.HI/c1-4-21-20(23-11-19-24-15(3)25-28-19)22-10-17-6-5-14(2)9-18(17)27-13-16-7-8-26-12-16;/h5-6,9,16H,4,7-8,10-13H2,1-3H3,(H2,21,22,23);1H. The molecular weight excluding hydrogens is 485 g/mol. The van der Waals surface area contributed by atoms with Gasteiger partial charge in [0, 0.05) is 24.6 Å². The van der Waals surface area contributed by atoms with Crippen LogP contribution in [-0.2, 0) is 17.8 Å². The van der Waals surface area contributed by atoms with Gasteiger partial charge in [0.15, 0.2) is 11.8 Å². The summed E-state index contributed by atoms with van der Waals surface area (Å²) in [5.41, 5.74) is 2.22. The number of hydrogen-bond donors (Lipinski definition) is 2. The zero-order chi connectivity index (χ0) is 19.8. The van der Waals surface area contributed by atoms with Gasteiger partial charge in [-0.3, -0.25) is 0 Å². The molecule has 1 unspecified atom stereocenters. The van der Waals surface area contributed by atoms with Crippen LogP contribution in [0.25, 0.3) is 0 Å². The fourth-order valence-corrected chi connectivity index (χ4v) is 2.93. The Bertz CT molecular complexity index is 790. The highest BCUT2D eigenvalue weighted by molar-refractivity contribution is 14.0. The molecule has 0 spiro atoms. The first-order valence-corrected chi connectivity index (χ1v) is 9.75. The van der Waals surface area contributed by atoms with Crippen molar-refractivity contribution in [3.05, 3.63) is 41.0 Å². The molecule has 0 saturated carbocycles. The van der Waals surface area contributed by atoms with Crippen LogP contribution in [0.3, 0.4) is 0 Å². The maximum Gasteiger partial charge on any atom is 0.246 e. The second kappa shape index (κ2) is 12.0. The van der Waals surface area contributed by atoms with Crippen LogP contribution < -0.4 is 15.4 Å². The van der Waals surface area contributed by atoms with Crippen molar-refractivity contribution in [2.24, 2.45) is 10.9 Å². The second-order valence-electron chi connectivity index (χ2n) is 6.94. The van der Waals surface area contributed by atoms with E-state index >= 15 is 0 Å². The van der Waals surface area contributed by atoms with Crippen molar-refractivity contribution < 1.29 is 14.0 Å². The number of nitrogens with one attached hydrogen (secondary N) is 2. The minimum absolute atomic E-state index is 0. The van der Waals surface area contributed by atoms with Gasteiger partial charge in [0.2, 0.25) is 5.89 Å². The van der Waals surface area contributed by atoms with Gasteiger partial charge in [0.25, 0.3) is 0 Å². The molecule has 2 N–H and O–H groups in total. The van der Waals surface area contributed by atoms with Crippen molar-refractivity contribution in [2.75, 3.05) is 26.4 Å². The Morgan fingerprint density at radius 2 is 2.17 bits per heavy atom. The van der Waals surface area contributed by atoms with Gasteiger partial charge in [0.1, 0.15) is 5.75 Å². The molecular formula is C20H30IN5O3. The minimum Gasteiger partial charge on any atom is -0.493 e. The maximum absolute atomic E-state index is 6.10. The fourth-order valence-electron chi connectivity index (χ4n) is 2.93. The Morgan fingerprint density at radius 3 is 2.86 bits per heavy atom. The van der Waals surface area contributed by atoms with Crippen LogP contribution >= 0.6 is 24.0 Å². The summed E-state index contributed by atoms with van der Waals surface area (Å²) >= 11 is 0. The van der Waals surface area contributed by atoms with Gasteiger partial charge >= 0.3 is 0 Å². The van der Waals surface area contributed by atoms with Crippen molar-refractivity contribution in [2.45, 2.75) is 40.3 Å². The number of benzene rings is 1. The molecule has 0 amide bonds. The zero-order valence-corrected chi connectivity index (χ0v) is 19.6. The number of halogens is 1. The molecule has 160 valence electrons. The molecule has 2 aromatic rings. The highest BCUT2D eigenvalue weighted by Crippen LogP contribution is 2.23. The first-order chi connectivity index (χ1) is 13.6. The normalized spacial score (nSPS) is 16.4. The number of aryl methyl sites for hydroxylation is 2. The second-order valence-corrected chi connectivity index (χ2v) is 6.94. The molecule has 9 heteroatoms. The largest absolute Gasteiger partial charge is 0.493 e. The Kier molecular flexibility index (Phi) is 9.65. The molecule has 29 heavy (non-hydrogen) atoms. The molecule has 1 fully saturated rings. The summed E-state index contributed by atoms with van der Waals surface area (Å²) in [5.74, 6) is 3.19. The third kappa shape index (κ3) is 7.46. The summed E-state index contributed by atoms with van der Waals surface area (Å²) in [5, 5.41) is 10.2. The average Bonchev–Trinajstić information content (AvgIpc) is 3.35. The molecule has 1 saturated heterocycles. The first-order valence-electron chi connectivity index (χ1n) is 9.75. The number of nitrogens with zero attached hydrogens (tertiary/aromatic N) is 3. The predicted octanol–water partition coefficient (Wildman–Crippen LogP) is 2.98. The Labute approximate surface area is 188 Å². The zero-order valence-electron chi connectivity index (χ0n) is 17.2. The van der Waals surface area contributed by atoms with E-state index in [2.05, 4.69) is 50.9 Å². The lowest BCUT2D eigenvalue weighted by atomic mass is 10.1. The number of guanidine groups is 1. The number of hydrogen-bond acceptors (Lipinski definition) is 6. The van der Waals surface area contributed by atoms with E-state index in [0.29, 0.717) is 43.3 Å². The molecule has 8 nitrogen and oxygen atoms in total. The van der Waals surface area contributed by atoms with Crippen molar-refractivity contribution in [3.8, 4) is 5.75 Å². The van der Waals surface area contributed by atoms with Crippen molar-refractivity contribution in [3.63, 3.8) is 0 Å². The summed E-state index contributed by atoms with van der Waals surface area (Å²) in [6.45, 7) is 9.86. The highest BCUT2D eigenvalue weighted by atomic mass is 127. The fraction of sp³-hybridized carbons (Fsp3) is 0.550. The summed E-state index contributed by atoms with van der Waals surface area (Å²) in [6, 6.07) is 6.23. The van der Waals surface area contributed by atoms with Crippen LogP contribution in [0.1, 0.15) is 36.2 Å². The SMILES string of the molecule is CCNC(=NCc1ccc(C)cc1OCC1CCOC1)NCc1nc(C)no1.I. The molecule has 0 radical (unpaired) electrons. The maximum atomic E-state index is 6.10. The molecule has 1 aromatic carbocycles. The lowest BCUT2D eigenvalue weighted by molar-refractivity contribution is 0.166. The van der Waals surface area contributed by atoms with Crippen LogP contribution in [0.4, 0.5) is 0 Å². The molecule has 3 rings (SSSR count). The van der Waals surface area contributed by atoms with Crippen LogP contribution in [0.2, 0.25) is 0 Å². The monoisotopic (exact) mass is 515 g/mol. The Hall–Kier alpha value is -1.88. The quantitative estimate of drug-likeness (QED) is 0.317. The van der Waals surface area contributed by atoms with E-state index in [1.54, 1.807) is 6.92 Å². The number of ether oxygens (including phenoxy) is 2. The van der Waals surface area contributed by atoms with Gasteiger partial charge in [-0.15, -0.1) is 24.0 Å². The predicted molar refractivity (Wildman–Crippen MR) is 122 cm³/mol. The van der Waals surface area contributed by atoms with Crippen molar-refractivity contribution in [1.82, 2.24) is 20.8 Å². The van der Waals surface area contributed by atoms with Crippen molar-refractivity contribution >= 4 is 29.9 Å². The lowest BCUT2D eigenvalue weighted by Gasteiger charge is -2.15. The molecule has 1 atom stereocenters.